The number of aromatic nitrogens is 4. The minimum atomic E-state index is -0.246. The van der Waals surface area contributed by atoms with Crippen molar-refractivity contribution in [3.63, 3.8) is 0 Å². The standard InChI is InChI=1S/C24H23N5O2S3/c1-3-12-29-22(31)19-16-10-6-7-11-17(16)33-21(19)27-24(29)32-13-18(30)25-23-26-20(34-28-23)15-9-5-4-8-14(15)2/h3-5,8-9H,1,6-7,10-13H2,2H3,(H,25,28,30). The van der Waals surface area contributed by atoms with E-state index in [-0.39, 0.29) is 23.2 Å². The number of nitrogens with zero attached hydrogens (tertiary/aromatic N) is 4. The van der Waals surface area contributed by atoms with E-state index < -0.39 is 0 Å². The molecule has 3 heterocycles. The van der Waals surface area contributed by atoms with Crippen LogP contribution in [-0.2, 0) is 24.2 Å². The van der Waals surface area contributed by atoms with Gasteiger partial charge in [-0.25, -0.2) is 4.98 Å². The van der Waals surface area contributed by atoms with Crippen LogP contribution in [0.15, 0.2) is 46.9 Å². The van der Waals surface area contributed by atoms with Gasteiger partial charge in [0.25, 0.3) is 5.56 Å². The van der Waals surface area contributed by atoms with E-state index in [9.17, 15) is 9.59 Å². The summed E-state index contributed by atoms with van der Waals surface area (Å²) in [5.74, 6) is 0.134. The number of nitrogens with one attached hydrogen (secondary N) is 1. The SMILES string of the molecule is C=CCn1c(SCC(=O)Nc2nsc(-c3ccccc3C)n2)nc2sc3c(c2c1=O)CCCC3. The molecule has 1 N–H and O–H groups in total. The van der Waals surface area contributed by atoms with Crippen molar-refractivity contribution in [2.75, 3.05) is 11.1 Å². The zero-order chi connectivity index (χ0) is 23.7. The molecule has 0 aliphatic heterocycles. The second kappa shape index (κ2) is 9.81. The highest BCUT2D eigenvalue weighted by Crippen LogP contribution is 2.34. The molecule has 0 saturated heterocycles. The lowest BCUT2D eigenvalue weighted by atomic mass is 9.97. The number of hydrogen-bond donors (Lipinski definition) is 1. The van der Waals surface area contributed by atoms with Crippen LogP contribution in [0.1, 0.15) is 28.8 Å². The Morgan fingerprint density at radius 2 is 2.09 bits per heavy atom. The highest BCUT2D eigenvalue weighted by Gasteiger charge is 2.22. The van der Waals surface area contributed by atoms with Gasteiger partial charge in [0, 0.05) is 17.0 Å². The summed E-state index contributed by atoms with van der Waals surface area (Å²) in [5.41, 5.74) is 3.22. The third-order valence-corrected chi connectivity index (χ3v) is 8.65. The molecule has 3 aromatic heterocycles. The molecular weight excluding hydrogens is 486 g/mol. The van der Waals surface area contributed by atoms with Crippen molar-refractivity contribution in [2.45, 2.75) is 44.3 Å². The van der Waals surface area contributed by atoms with Gasteiger partial charge in [-0.15, -0.1) is 17.9 Å². The fourth-order valence-corrected chi connectivity index (χ4v) is 6.93. The monoisotopic (exact) mass is 509 g/mol. The summed E-state index contributed by atoms with van der Waals surface area (Å²) >= 11 is 4.10. The van der Waals surface area contributed by atoms with Crippen LogP contribution in [-0.4, -0.2) is 30.6 Å². The molecule has 0 bridgehead atoms. The number of carbonyl (C=O) groups excluding carboxylic acids is 1. The van der Waals surface area contributed by atoms with Crippen molar-refractivity contribution in [1.82, 2.24) is 18.9 Å². The topological polar surface area (TPSA) is 89.8 Å². The molecule has 0 fully saturated rings. The summed E-state index contributed by atoms with van der Waals surface area (Å²) in [6.07, 6.45) is 5.88. The second-order valence-corrected chi connectivity index (χ2v) is 10.8. The van der Waals surface area contributed by atoms with Gasteiger partial charge in [0.05, 0.1) is 11.1 Å². The molecule has 4 aromatic rings. The zero-order valence-corrected chi connectivity index (χ0v) is 21.1. The highest BCUT2D eigenvalue weighted by atomic mass is 32.2. The van der Waals surface area contributed by atoms with Crippen LogP contribution in [0.25, 0.3) is 20.8 Å². The van der Waals surface area contributed by atoms with Crippen LogP contribution in [0, 0.1) is 6.92 Å². The Morgan fingerprint density at radius 1 is 1.26 bits per heavy atom. The zero-order valence-electron chi connectivity index (χ0n) is 18.7. The van der Waals surface area contributed by atoms with Gasteiger partial charge >= 0.3 is 0 Å². The van der Waals surface area contributed by atoms with E-state index in [1.807, 2.05) is 31.2 Å². The summed E-state index contributed by atoms with van der Waals surface area (Å²) in [5, 5.41) is 4.79. The minimum absolute atomic E-state index is 0.0451. The second-order valence-electron chi connectivity index (χ2n) is 8.06. The molecule has 0 atom stereocenters. The summed E-state index contributed by atoms with van der Waals surface area (Å²) in [6.45, 7) is 6.16. The van der Waals surface area contributed by atoms with Gasteiger partial charge in [0.1, 0.15) is 9.84 Å². The average Bonchev–Trinajstić information content (AvgIpc) is 3.44. The summed E-state index contributed by atoms with van der Waals surface area (Å²) < 4.78 is 5.89. The predicted molar refractivity (Wildman–Crippen MR) is 140 cm³/mol. The van der Waals surface area contributed by atoms with Crippen LogP contribution in [0.4, 0.5) is 5.95 Å². The molecule has 174 valence electrons. The van der Waals surface area contributed by atoms with Gasteiger partial charge in [0.15, 0.2) is 5.16 Å². The van der Waals surface area contributed by atoms with Crippen molar-refractivity contribution in [2.24, 2.45) is 0 Å². The fourth-order valence-electron chi connectivity index (χ4n) is 4.11. The molecule has 34 heavy (non-hydrogen) atoms. The van der Waals surface area contributed by atoms with Gasteiger partial charge in [0.2, 0.25) is 11.9 Å². The number of rotatable bonds is 7. The molecule has 5 rings (SSSR count). The van der Waals surface area contributed by atoms with Crippen molar-refractivity contribution in [1.29, 1.82) is 0 Å². The molecule has 1 amide bonds. The number of carbonyl (C=O) groups is 1. The molecule has 1 aliphatic rings. The Hall–Kier alpha value is -2.82. The van der Waals surface area contributed by atoms with Crippen LogP contribution in [0.3, 0.4) is 0 Å². The van der Waals surface area contributed by atoms with E-state index in [2.05, 4.69) is 21.3 Å². The lowest BCUT2D eigenvalue weighted by Crippen LogP contribution is -2.24. The van der Waals surface area contributed by atoms with Crippen molar-refractivity contribution in [3.8, 4) is 10.6 Å². The lowest BCUT2D eigenvalue weighted by molar-refractivity contribution is -0.113. The normalized spacial score (nSPS) is 13.1. The van der Waals surface area contributed by atoms with Crippen molar-refractivity contribution in [3.05, 3.63) is 63.3 Å². The van der Waals surface area contributed by atoms with Gasteiger partial charge in [-0.2, -0.15) is 9.36 Å². The Bertz CT molecular complexity index is 1450. The van der Waals surface area contributed by atoms with Crippen LogP contribution in [0.2, 0.25) is 0 Å². The molecule has 0 unspecified atom stereocenters. The minimum Gasteiger partial charge on any atom is -0.293 e. The molecule has 0 saturated carbocycles. The fraction of sp³-hybridized carbons (Fsp3) is 0.292. The lowest BCUT2D eigenvalue weighted by Gasteiger charge is -2.12. The smallest absolute Gasteiger partial charge is 0.263 e. The largest absolute Gasteiger partial charge is 0.293 e. The van der Waals surface area contributed by atoms with Crippen LogP contribution >= 0.6 is 34.6 Å². The first-order valence-corrected chi connectivity index (χ1v) is 13.6. The summed E-state index contributed by atoms with van der Waals surface area (Å²) in [7, 11) is 0. The van der Waals surface area contributed by atoms with Crippen LogP contribution < -0.4 is 10.9 Å². The number of hydrogen-bond acceptors (Lipinski definition) is 8. The first-order valence-electron chi connectivity index (χ1n) is 11.0. The maximum atomic E-state index is 13.3. The first kappa shape index (κ1) is 22.9. The van der Waals surface area contributed by atoms with Gasteiger partial charge in [-0.3, -0.25) is 19.5 Å². The van der Waals surface area contributed by atoms with E-state index in [1.165, 1.54) is 28.2 Å². The van der Waals surface area contributed by atoms with E-state index in [0.717, 1.165) is 57.6 Å². The number of anilines is 1. The maximum Gasteiger partial charge on any atom is 0.263 e. The number of allylic oxidation sites excluding steroid dienone is 1. The molecule has 0 radical (unpaired) electrons. The molecule has 7 nitrogen and oxygen atoms in total. The third kappa shape index (κ3) is 4.45. The van der Waals surface area contributed by atoms with Crippen molar-refractivity contribution < 1.29 is 4.79 Å². The summed E-state index contributed by atoms with van der Waals surface area (Å²) in [6, 6.07) is 7.93. The Labute approximate surface area is 209 Å². The van der Waals surface area contributed by atoms with E-state index in [1.54, 1.807) is 22.0 Å². The number of aryl methyl sites for hydroxylation is 3. The third-order valence-electron chi connectivity index (χ3n) is 5.74. The van der Waals surface area contributed by atoms with Gasteiger partial charge < -0.3 is 0 Å². The molecule has 1 aromatic carbocycles. The van der Waals surface area contributed by atoms with Crippen LogP contribution in [0.5, 0.6) is 0 Å². The molecule has 0 spiro atoms. The molecule has 1 aliphatic carbocycles. The number of thioether (sulfide) groups is 1. The summed E-state index contributed by atoms with van der Waals surface area (Å²) in [4.78, 5) is 37.2. The van der Waals surface area contributed by atoms with E-state index in [4.69, 9.17) is 4.98 Å². The molecular formula is C24H23N5O2S3. The Morgan fingerprint density at radius 3 is 2.91 bits per heavy atom. The van der Waals surface area contributed by atoms with E-state index in [0.29, 0.717) is 11.7 Å². The van der Waals surface area contributed by atoms with E-state index >= 15 is 0 Å². The quantitative estimate of drug-likeness (QED) is 0.212. The van der Waals surface area contributed by atoms with Crippen molar-refractivity contribution >= 4 is 56.7 Å². The number of thiophene rings is 1. The predicted octanol–water partition coefficient (Wildman–Crippen LogP) is 5.08. The molecule has 10 heteroatoms. The average molecular weight is 510 g/mol. The Kier molecular flexibility index (Phi) is 6.62. The highest BCUT2D eigenvalue weighted by molar-refractivity contribution is 7.99. The maximum absolute atomic E-state index is 13.3. The van der Waals surface area contributed by atoms with Gasteiger partial charge in [-0.1, -0.05) is 42.1 Å². The number of fused-ring (bicyclic) bond motifs is 3. The number of benzene rings is 1. The first-order chi connectivity index (χ1) is 16.5. The van der Waals surface area contributed by atoms with Gasteiger partial charge in [-0.05, 0) is 55.3 Å². The number of amides is 1. The Balaban J connectivity index is 1.34.